The minimum atomic E-state index is -1.43. The van der Waals surface area contributed by atoms with E-state index in [0.717, 1.165) is 12.1 Å². The maximum Gasteiger partial charge on any atom is 0.142 e. The summed E-state index contributed by atoms with van der Waals surface area (Å²) in [6.07, 6.45) is -1.60. The molecule has 0 heterocycles. The fourth-order valence-electron chi connectivity index (χ4n) is 1.85. The van der Waals surface area contributed by atoms with Crippen molar-refractivity contribution >= 4 is 11.6 Å². The molecule has 2 aromatic rings. The summed E-state index contributed by atoms with van der Waals surface area (Å²) in [5.41, 5.74) is -0.153. The molecule has 2 aromatic carbocycles. The third-order valence-electron chi connectivity index (χ3n) is 2.78. The van der Waals surface area contributed by atoms with Crippen LogP contribution < -0.4 is 0 Å². The lowest BCUT2D eigenvalue weighted by Crippen LogP contribution is -2.07. The van der Waals surface area contributed by atoms with Crippen LogP contribution in [0.2, 0.25) is 5.02 Å². The molecule has 0 aromatic heterocycles. The van der Waals surface area contributed by atoms with E-state index in [1.807, 2.05) is 0 Å². The van der Waals surface area contributed by atoms with Crippen LogP contribution in [-0.2, 0) is 6.42 Å². The van der Waals surface area contributed by atoms with Crippen molar-refractivity contribution in [3.8, 4) is 0 Å². The van der Waals surface area contributed by atoms with Gasteiger partial charge < -0.3 is 5.11 Å². The summed E-state index contributed by atoms with van der Waals surface area (Å²) >= 11 is 5.73. The van der Waals surface area contributed by atoms with Crippen LogP contribution in [-0.4, -0.2) is 5.11 Å². The van der Waals surface area contributed by atoms with Gasteiger partial charge >= 0.3 is 0 Å². The van der Waals surface area contributed by atoms with Gasteiger partial charge in [0.05, 0.1) is 16.7 Å². The van der Waals surface area contributed by atoms with Crippen LogP contribution in [0.3, 0.4) is 0 Å². The van der Waals surface area contributed by atoms with E-state index < -0.39 is 29.1 Å². The van der Waals surface area contributed by atoms with E-state index in [-0.39, 0.29) is 17.0 Å². The molecular weight excluding hydrogens is 277 g/mol. The number of rotatable bonds is 3. The second kappa shape index (κ2) is 5.63. The molecule has 100 valence electrons. The van der Waals surface area contributed by atoms with Crippen molar-refractivity contribution in [2.24, 2.45) is 0 Å². The van der Waals surface area contributed by atoms with Gasteiger partial charge in [-0.25, -0.2) is 13.2 Å². The van der Waals surface area contributed by atoms with Gasteiger partial charge in [-0.2, -0.15) is 0 Å². The number of aliphatic hydroxyl groups is 1. The molecule has 2 rings (SSSR count). The summed E-state index contributed by atoms with van der Waals surface area (Å²) in [4.78, 5) is 0. The number of halogens is 4. The molecule has 0 radical (unpaired) electrons. The smallest absolute Gasteiger partial charge is 0.142 e. The average Bonchev–Trinajstić information content (AvgIpc) is 2.35. The highest BCUT2D eigenvalue weighted by Crippen LogP contribution is 2.28. The maximum atomic E-state index is 13.5. The summed E-state index contributed by atoms with van der Waals surface area (Å²) in [6.45, 7) is 0. The molecule has 5 heteroatoms. The van der Waals surface area contributed by atoms with Gasteiger partial charge in [0.25, 0.3) is 0 Å². The first kappa shape index (κ1) is 13.9. The molecule has 0 aliphatic rings. The van der Waals surface area contributed by atoms with E-state index in [2.05, 4.69) is 0 Å². The predicted octanol–water partition coefficient (Wildman–Crippen LogP) is 4.03. The summed E-state index contributed by atoms with van der Waals surface area (Å²) in [5.74, 6) is -2.33. The highest BCUT2D eigenvalue weighted by atomic mass is 35.5. The van der Waals surface area contributed by atoms with E-state index >= 15 is 0 Å². The zero-order valence-corrected chi connectivity index (χ0v) is 10.5. The standard InChI is InChI=1S/C14H10ClF3O/c15-14-8(3-1-6-11(14)18)7-12(19)13-9(16)4-2-5-10(13)17/h1-6,12,19H,7H2. The highest BCUT2D eigenvalue weighted by molar-refractivity contribution is 6.31. The average molecular weight is 287 g/mol. The summed E-state index contributed by atoms with van der Waals surface area (Å²) < 4.78 is 40.2. The van der Waals surface area contributed by atoms with Crippen LogP contribution in [0.15, 0.2) is 36.4 Å². The molecule has 0 amide bonds. The molecule has 0 spiro atoms. The zero-order chi connectivity index (χ0) is 14.0. The van der Waals surface area contributed by atoms with Crippen molar-refractivity contribution in [2.45, 2.75) is 12.5 Å². The van der Waals surface area contributed by atoms with Gasteiger partial charge in [0, 0.05) is 6.42 Å². The molecule has 0 bridgehead atoms. The molecule has 0 aliphatic heterocycles. The Labute approximate surface area is 113 Å². The van der Waals surface area contributed by atoms with Gasteiger partial charge in [-0.3, -0.25) is 0 Å². The first-order valence-electron chi connectivity index (χ1n) is 5.55. The van der Waals surface area contributed by atoms with E-state index in [4.69, 9.17) is 11.6 Å². The molecular formula is C14H10ClF3O. The van der Waals surface area contributed by atoms with Crippen molar-refractivity contribution in [3.63, 3.8) is 0 Å². The second-order valence-corrected chi connectivity index (χ2v) is 4.45. The van der Waals surface area contributed by atoms with Crippen LogP contribution in [0.4, 0.5) is 13.2 Å². The van der Waals surface area contributed by atoms with Gasteiger partial charge in [0.15, 0.2) is 0 Å². The molecule has 0 aliphatic carbocycles. The van der Waals surface area contributed by atoms with Crippen LogP contribution in [0.5, 0.6) is 0 Å². The Morgan fingerprint density at radius 2 is 1.47 bits per heavy atom. The lowest BCUT2D eigenvalue weighted by molar-refractivity contribution is 0.168. The van der Waals surface area contributed by atoms with Crippen LogP contribution >= 0.6 is 11.6 Å². The number of hydrogen-bond acceptors (Lipinski definition) is 1. The van der Waals surface area contributed by atoms with Gasteiger partial charge in [0.1, 0.15) is 17.5 Å². The van der Waals surface area contributed by atoms with Crippen molar-refractivity contribution in [2.75, 3.05) is 0 Å². The Morgan fingerprint density at radius 1 is 0.947 bits per heavy atom. The Morgan fingerprint density at radius 3 is 2.11 bits per heavy atom. The van der Waals surface area contributed by atoms with Crippen LogP contribution in [0.1, 0.15) is 17.2 Å². The normalized spacial score (nSPS) is 12.5. The molecule has 1 atom stereocenters. The van der Waals surface area contributed by atoms with E-state index in [9.17, 15) is 18.3 Å². The Kier molecular flexibility index (Phi) is 4.12. The fraction of sp³-hybridized carbons (Fsp3) is 0.143. The number of aliphatic hydroxyl groups excluding tert-OH is 1. The molecule has 1 nitrogen and oxygen atoms in total. The van der Waals surface area contributed by atoms with Gasteiger partial charge in [-0.15, -0.1) is 0 Å². The van der Waals surface area contributed by atoms with E-state index in [1.54, 1.807) is 0 Å². The van der Waals surface area contributed by atoms with E-state index in [0.29, 0.717) is 0 Å². The van der Waals surface area contributed by atoms with Crippen molar-refractivity contribution in [1.82, 2.24) is 0 Å². The first-order valence-corrected chi connectivity index (χ1v) is 5.93. The largest absolute Gasteiger partial charge is 0.388 e. The molecule has 1 unspecified atom stereocenters. The predicted molar refractivity (Wildman–Crippen MR) is 66.4 cm³/mol. The molecule has 1 N–H and O–H groups in total. The third kappa shape index (κ3) is 2.91. The van der Waals surface area contributed by atoms with Crippen molar-refractivity contribution < 1.29 is 18.3 Å². The van der Waals surface area contributed by atoms with Crippen LogP contribution in [0, 0.1) is 17.5 Å². The minimum Gasteiger partial charge on any atom is -0.388 e. The lowest BCUT2D eigenvalue weighted by Gasteiger charge is -2.14. The molecule has 0 fully saturated rings. The molecule has 0 saturated heterocycles. The van der Waals surface area contributed by atoms with Crippen LogP contribution in [0.25, 0.3) is 0 Å². The van der Waals surface area contributed by atoms with Gasteiger partial charge in [-0.1, -0.05) is 29.8 Å². The Bertz CT molecular complexity index is 581. The number of hydrogen-bond donors (Lipinski definition) is 1. The lowest BCUT2D eigenvalue weighted by atomic mass is 10.0. The first-order chi connectivity index (χ1) is 9.00. The minimum absolute atomic E-state index is 0.154. The van der Waals surface area contributed by atoms with Crippen molar-refractivity contribution in [3.05, 3.63) is 70.0 Å². The highest BCUT2D eigenvalue weighted by Gasteiger charge is 2.19. The second-order valence-electron chi connectivity index (χ2n) is 4.07. The van der Waals surface area contributed by atoms with Crippen molar-refractivity contribution in [1.29, 1.82) is 0 Å². The molecule has 0 saturated carbocycles. The maximum absolute atomic E-state index is 13.5. The topological polar surface area (TPSA) is 20.2 Å². The summed E-state index contributed by atoms with van der Waals surface area (Å²) in [7, 11) is 0. The Balaban J connectivity index is 2.31. The summed E-state index contributed by atoms with van der Waals surface area (Å²) in [5, 5.41) is 9.74. The van der Waals surface area contributed by atoms with Gasteiger partial charge in [-0.05, 0) is 23.8 Å². The molecule has 19 heavy (non-hydrogen) atoms. The van der Waals surface area contributed by atoms with E-state index in [1.165, 1.54) is 24.3 Å². The fourth-order valence-corrected chi connectivity index (χ4v) is 2.05. The van der Waals surface area contributed by atoms with Gasteiger partial charge in [0.2, 0.25) is 0 Å². The monoisotopic (exact) mass is 286 g/mol. The third-order valence-corrected chi connectivity index (χ3v) is 3.20. The number of benzene rings is 2. The zero-order valence-electron chi connectivity index (χ0n) is 9.71. The Hall–Kier alpha value is -1.52. The summed E-state index contributed by atoms with van der Waals surface area (Å²) in [6, 6.07) is 7.38. The quantitative estimate of drug-likeness (QED) is 0.903. The SMILES string of the molecule is OC(Cc1cccc(F)c1Cl)c1c(F)cccc1F.